The van der Waals surface area contributed by atoms with Crippen molar-refractivity contribution in [3.05, 3.63) is 59.8 Å². The second-order valence-corrected chi connectivity index (χ2v) is 6.10. The molecule has 0 radical (unpaired) electrons. The Balaban J connectivity index is 2.07. The molecular formula is C20H25N3O2. The Morgan fingerprint density at radius 3 is 2.80 bits per heavy atom. The number of oxime groups is 1. The van der Waals surface area contributed by atoms with Crippen molar-refractivity contribution in [1.29, 1.82) is 0 Å². The van der Waals surface area contributed by atoms with Gasteiger partial charge in [0.1, 0.15) is 0 Å². The zero-order chi connectivity index (χ0) is 17.9. The number of hydrogen-bond acceptors (Lipinski definition) is 4. The molecule has 1 aliphatic rings. The lowest BCUT2D eigenvalue weighted by atomic mass is 10.1. The van der Waals surface area contributed by atoms with Crippen LogP contribution in [-0.2, 0) is 16.2 Å². The number of carbonyl (C=O) groups excluding carboxylic acids is 1. The summed E-state index contributed by atoms with van der Waals surface area (Å²) in [4.78, 5) is 23.8. The van der Waals surface area contributed by atoms with Crippen LogP contribution in [0.1, 0.15) is 32.3 Å². The van der Waals surface area contributed by atoms with Crippen molar-refractivity contribution in [2.24, 2.45) is 10.1 Å². The van der Waals surface area contributed by atoms with Gasteiger partial charge in [-0.25, -0.2) is 0 Å². The number of allylic oxidation sites excluding steroid dienone is 2. The molecule has 0 atom stereocenters. The molecule has 0 fully saturated rings. The number of aliphatic imine (C=N–C) groups is 1. The molecule has 1 aromatic carbocycles. The largest absolute Gasteiger partial charge is 0.386 e. The number of carbonyl (C=O) groups is 1. The highest BCUT2D eigenvalue weighted by atomic mass is 16.6. The number of rotatable bonds is 7. The summed E-state index contributed by atoms with van der Waals surface area (Å²) in [6.07, 6.45) is 9.48. The van der Waals surface area contributed by atoms with Crippen LogP contribution in [0.2, 0.25) is 0 Å². The first kappa shape index (κ1) is 18.6. The van der Waals surface area contributed by atoms with Crippen LogP contribution in [0.15, 0.2) is 64.4 Å². The van der Waals surface area contributed by atoms with E-state index in [2.05, 4.69) is 16.2 Å². The van der Waals surface area contributed by atoms with Gasteiger partial charge >= 0.3 is 0 Å². The summed E-state index contributed by atoms with van der Waals surface area (Å²) in [6, 6.07) is 9.95. The number of amides is 1. The van der Waals surface area contributed by atoms with Crippen LogP contribution < -0.4 is 0 Å². The van der Waals surface area contributed by atoms with E-state index in [-0.39, 0.29) is 12.5 Å². The second kappa shape index (κ2) is 10.2. The zero-order valence-corrected chi connectivity index (χ0v) is 14.9. The van der Waals surface area contributed by atoms with E-state index in [1.165, 1.54) is 0 Å². The number of hydrogen-bond donors (Lipinski definition) is 0. The van der Waals surface area contributed by atoms with E-state index in [0.29, 0.717) is 13.1 Å². The molecule has 0 saturated carbocycles. The predicted molar refractivity (Wildman–Crippen MR) is 102 cm³/mol. The molecule has 0 N–H and O–H groups in total. The minimum absolute atomic E-state index is 0.0610. The Hall–Kier alpha value is -2.69. The molecular weight excluding hydrogens is 314 g/mol. The molecule has 132 valence electrons. The quantitative estimate of drug-likeness (QED) is 0.561. The van der Waals surface area contributed by atoms with Crippen molar-refractivity contribution in [1.82, 2.24) is 4.90 Å². The molecule has 0 aromatic heterocycles. The molecule has 1 heterocycles. The fourth-order valence-corrected chi connectivity index (χ4v) is 2.40. The predicted octanol–water partition coefficient (Wildman–Crippen LogP) is 3.73. The minimum Gasteiger partial charge on any atom is -0.386 e. The van der Waals surface area contributed by atoms with E-state index in [1.54, 1.807) is 11.1 Å². The minimum atomic E-state index is -0.0867. The zero-order valence-electron chi connectivity index (χ0n) is 14.9. The SMILES string of the molecule is CC(C)=NOCC(=O)N(C/C1=C/N=CC=CCC1)Cc1ccccc1. The Morgan fingerprint density at radius 2 is 2.04 bits per heavy atom. The summed E-state index contributed by atoms with van der Waals surface area (Å²) in [7, 11) is 0. The summed E-state index contributed by atoms with van der Waals surface area (Å²) >= 11 is 0. The van der Waals surface area contributed by atoms with Gasteiger partial charge in [-0.1, -0.05) is 41.6 Å². The maximum absolute atomic E-state index is 12.6. The molecule has 0 unspecified atom stereocenters. The van der Waals surface area contributed by atoms with Gasteiger partial charge in [0.05, 0.1) is 5.71 Å². The van der Waals surface area contributed by atoms with Gasteiger partial charge in [-0.15, -0.1) is 0 Å². The highest BCUT2D eigenvalue weighted by Gasteiger charge is 2.16. The third kappa shape index (κ3) is 7.16. The van der Waals surface area contributed by atoms with E-state index in [9.17, 15) is 4.79 Å². The lowest BCUT2D eigenvalue weighted by Gasteiger charge is -2.24. The van der Waals surface area contributed by atoms with Crippen LogP contribution in [0.5, 0.6) is 0 Å². The average molecular weight is 339 g/mol. The average Bonchev–Trinajstić information content (AvgIpc) is 2.56. The van der Waals surface area contributed by atoms with Gasteiger partial charge in [-0.05, 0) is 43.9 Å². The smallest absolute Gasteiger partial charge is 0.263 e. The van der Waals surface area contributed by atoms with Crippen molar-refractivity contribution in [2.75, 3.05) is 13.2 Å². The Bertz CT molecular complexity index is 671. The summed E-state index contributed by atoms with van der Waals surface area (Å²) in [5.74, 6) is -0.0867. The van der Waals surface area contributed by atoms with Gasteiger partial charge in [0.25, 0.3) is 5.91 Å². The lowest BCUT2D eigenvalue weighted by molar-refractivity contribution is -0.136. The van der Waals surface area contributed by atoms with Crippen LogP contribution in [0.4, 0.5) is 0 Å². The standard InChI is InChI=1S/C20H25N3O2/c1-17(2)22-25-16-20(24)23(14-18-9-5-3-6-10-18)15-19-11-7-4-8-12-21-13-19/h3-6,8-10,12-13H,7,11,14-16H2,1-2H3/b8-4?,19-13+,21-12?. The molecule has 5 heteroatoms. The highest BCUT2D eigenvalue weighted by Crippen LogP contribution is 2.13. The van der Waals surface area contributed by atoms with Gasteiger partial charge in [0, 0.05) is 25.5 Å². The van der Waals surface area contributed by atoms with Gasteiger partial charge in [0.2, 0.25) is 0 Å². The Kier molecular flexibility index (Phi) is 7.63. The summed E-state index contributed by atoms with van der Waals surface area (Å²) in [5.41, 5.74) is 2.99. The van der Waals surface area contributed by atoms with Gasteiger partial charge < -0.3 is 9.74 Å². The first-order valence-electron chi connectivity index (χ1n) is 8.46. The first-order chi connectivity index (χ1) is 12.1. The van der Waals surface area contributed by atoms with Crippen molar-refractivity contribution < 1.29 is 9.63 Å². The highest BCUT2D eigenvalue weighted by molar-refractivity contribution is 5.79. The summed E-state index contributed by atoms with van der Waals surface area (Å²) < 4.78 is 0. The van der Waals surface area contributed by atoms with Gasteiger partial charge in [0.15, 0.2) is 6.61 Å². The molecule has 0 saturated heterocycles. The van der Waals surface area contributed by atoms with Gasteiger partial charge in [-0.2, -0.15) is 0 Å². The fourth-order valence-electron chi connectivity index (χ4n) is 2.40. The van der Waals surface area contributed by atoms with E-state index in [4.69, 9.17) is 4.84 Å². The van der Waals surface area contributed by atoms with Crippen LogP contribution in [-0.4, -0.2) is 35.9 Å². The molecule has 1 aromatic rings. The van der Waals surface area contributed by atoms with Gasteiger partial charge in [-0.3, -0.25) is 9.79 Å². The van der Waals surface area contributed by atoms with E-state index in [0.717, 1.165) is 29.7 Å². The molecule has 0 aliphatic carbocycles. The Morgan fingerprint density at radius 1 is 1.24 bits per heavy atom. The fraction of sp³-hybridized carbons (Fsp3) is 0.350. The lowest BCUT2D eigenvalue weighted by Crippen LogP contribution is -2.35. The van der Waals surface area contributed by atoms with Crippen molar-refractivity contribution in [2.45, 2.75) is 33.2 Å². The van der Waals surface area contributed by atoms with E-state index >= 15 is 0 Å². The molecule has 1 aliphatic heterocycles. The third-order valence-corrected chi connectivity index (χ3v) is 3.60. The topological polar surface area (TPSA) is 54.3 Å². The molecule has 2 rings (SSSR count). The van der Waals surface area contributed by atoms with E-state index in [1.807, 2.05) is 56.5 Å². The molecule has 5 nitrogen and oxygen atoms in total. The molecule has 1 amide bonds. The summed E-state index contributed by atoms with van der Waals surface area (Å²) in [5, 5.41) is 3.85. The Labute approximate surface area is 149 Å². The van der Waals surface area contributed by atoms with Crippen LogP contribution >= 0.6 is 0 Å². The maximum Gasteiger partial charge on any atom is 0.263 e. The van der Waals surface area contributed by atoms with Crippen molar-refractivity contribution in [3.63, 3.8) is 0 Å². The number of nitrogens with zero attached hydrogens (tertiary/aromatic N) is 3. The third-order valence-electron chi connectivity index (χ3n) is 3.60. The van der Waals surface area contributed by atoms with Crippen LogP contribution in [0.25, 0.3) is 0 Å². The van der Waals surface area contributed by atoms with E-state index < -0.39 is 0 Å². The van der Waals surface area contributed by atoms with Crippen LogP contribution in [0.3, 0.4) is 0 Å². The molecule has 0 spiro atoms. The second-order valence-electron chi connectivity index (χ2n) is 6.10. The first-order valence-corrected chi connectivity index (χ1v) is 8.46. The normalized spacial score (nSPS) is 15.5. The summed E-state index contributed by atoms with van der Waals surface area (Å²) in [6.45, 7) is 4.68. The molecule has 25 heavy (non-hydrogen) atoms. The number of benzene rings is 1. The molecule has 0 bridgehead atoms. The van der Waals surface area contributed by atoms with Crippen molar-refractivity contribution in [3.8, 4) is 0 Å². The maximum atomic E-state index is 12.6. The van der Waals surface area contributed by atoms with Crippen molar-refractivity contribution >= 4 is 17.8 Å². The van der Waals surface area contributed by atoms with Crippen LogP contribution in [0, 0.1) is 0 Å². The monoisotopic (exact) mass is 339 g/mol.